The van der Waals surface area contributed by atoms with Gasteiger partial charge in [-0.3, -0.25) is 9.20 Å². The van der Waals surface area contributed by atoms with Gasteiger partial charge < -0.3 is 10.1 Å². The van der Waals surface area contributed by atoms with E-state index in [9.17, 15) is 13.6 Å². The van der Waals surface area contributed by atoms with Crippen molar-refractivity contribution in [3.05, 3.63) is 101 Å². The summed E-state index contributed by atoms with van der Waals surface area (Å²) in [6, 6.07) is 15.1. The van der Waals surface area contributed by atoms with Crippen LogP contribution in [0.1, 0.15) is 39.8 Å². The molecule has 2 aromatic heterocycles. The Morgan fingerprint density at radius 1 is 1.03 bits per heavy atom. The highest BCUT2D eigenvalue weighted by Gasteiger charge is 2.19. The summed E-state index contributed by atoms with van der Waals surface area (Å²) in [4.78, 5) is 33.6. The number of imidazole rings is 1. The summed E-state index contributed by atoms with van der Waals surface area (Å²) >= 11 is 0. The molecule has 0 aliphatic rings. The van der Waals surface area contributed by atoms with Gasteiger partial charge in [0.25, 0.3) is 5.91 Å². The van der Waals surface area contributed by atoms with Gasteiger partial charge in [0, 0.05) is 12.7 Å². The number of hydrogen-bond donors (Lipinski definition) is 1. The lowest BCUT2D eigenvalue weighted by molar-refractivity contribution is -0.191. The monoisotopic (exact) mass is 479 g/mol. The van der Waals surface area contributed by atoms with Crippen LogP contribution < -0.4 is 10.1 Å². The lowest BCUT2D eigenvalue weighted by atomic mass is 10.1. The van der Waals surface area contributed by atoms with Crippen LogP contribution in [0.5, 0.6) is 5.75 Å². The molecule has 2 aromatic carbocycles. The minimum absolute atomic E-state index is 0.162. The highest BCUT2D eigenvalue weighted by atomic mass is 19.1. The average Bonchev–Trinajstić information content (AvgIpc) is 3.19. The Bertz CT molecular complexity index is 1340. The molecule has 9 heteroatoms. The Morgan fingerprint density at radius 2 is 1.66 bits per heavy atom. The van der Waals surface area contributed by atoms with Gasteiger partial charge in [0.2, 0.25) is 0 Å². The van der Waals surface area contributed by atoms with Crippen molar-refractivity contribution in [3.8, 4) is 5.75 Å². The maximum absolute atomic E-state index is 13.9. The maximum atomic E-state index is 13.9. The molecule has 0 fully saturated rings. The number of carbonyl (C=O) groups is 1. The molecule has 1 N–H and O–H groups in total. The Morgan fingerprint density at radius 3 is 2.29 bits per heavy atom. The van der Waals surface area contributed by atoms with Gasteiger partial charge in [-0.25, -0.2) is 13.8 Å². The quantitative estimate of drug-likeness (QED) is 0.424. The molecule has 0 saturated carbocycles. The Kier molecular flexibility index (Phi) is 8.43. The number of aryl methyl sites for hydroxylation is 2. The maximum Gasteiger partial charge on any atom is 0.373 e. The summed E-state index contributed by atoms with van der Waals surface area (Å²) in [6.07, 6.45) is 2.92. The molecule has 0 aliphatic heterocycles. The minimum atomic E-state index is -0.677. The summed E-state index contributed by atoms with van der Waals surface area (Å²) in [5.41, 5.74) is 3.38. The van der Waals surface area contributed by atoms with Crippen molar-refractivity contribution in [2.75, 3.05) is 0 Å². The van der Waals surface area contributed by atoms with Crippen molar-refractivity contribution in [1.29, 1.82) is 0 Å². The number of nitrogens with one attached hydrogen (secondary N) is 1. The second-order valence-electron chi connectivity index (χ2n) is 7.54. The van der Waals surface area contributed by atoms with Gasteiger partial charge in [-0.05, 0) is 48.7 Å². The largest absolute Gasteiger partial charge is 0.485 e. The van der Waals surface area contributed by atoms with Crippen molar-refractivity contribution in [1.82, 2.24) is 14.7 Å². The second kappa shape index (κ2) is 11.7. The molecule has 0 saturated heterocycles. The molecule has 1 amide bonds. The second-order valence-corrected chi connectivity index (χ2v) is 7.54. The number of ether oxygens (including phenoxy) is 1. The number of rotatable bonds is 7. The number of benzene rings is 2. The van der Waals surface area contributed by atoms with E-state index >= 15 is 0 Å². The smallest absolute Gasteiger partial charge is 0.373 e. The van der Waals surface area contributed by atoms with Crippen molar-refractivity contribution >= 4 is 17.7 Å². The van der Waals surface area contributed by atoms with Crippen molar-refractivity contribution < 1.29 is 27.9 Å². The molecule has 0 aliphatic carbocycles. The van der Waals surface area contributed by atoms with E-state index in [2.05, 4.69) is 17.2 Å². The number of aromatic nitrogens is 2. The number of amides is 1. The van der Waals surface area contributed by atoms with Crippen LogP contribution in [0.4, 0.5) is 8.78 Å². The third kappa shape index (κ3) is 5.96. The van der Waals surface area contributed by atoms with E-state index in [-0.39, 0.29) is 24.2 Å². The van der Waals surface area contributed by atoms with Crippen LogP contribution in [-0.4, -0.2) is 21.4 Å². The van der Waals surface area contributed by atoms with E-state index in [0.29, 0.717) is 29.3 Å². The van der Waals surface area contributed by atoms with Gasteiger partial charge >= 0.3 is 6.15 Å². The first-order chi connectivity index (χ1) is 16.9. The first kappa shape index (κ1) is 25.3. The van der Waals surface area contributed by atoms with E-state index in [1.165, 1.54) is 23.8 Å². The first-order valence-electron chi connectivity index (χ1n) is 10.8. The third-order valence-corrected chi connectivity index (χ3v) is 5.32. The number of halogens is 2. The lowest BCUT2D eigenvalue weighted by Gasteiger charge is -2.10. The predicted molar refractivity (Wildman–Crippen MR) is 123 cm³/mol. The van der Waals surface area contributed by atoms with Crippen LogP contribution in [0.15, 0.2) is 60.8 Å². The zero-order valence-corrected chi connectivity index (χ0v) is 19.2. The number of carbonyl (C=O) groups excluding carboxylic acids is 3. The Balaban J connectivity index is 0.00000108. The molecular formula is C26H23F2N3O4. The molecule has 4 rings (SSSR count). The first-order valence-corrected chi connectivity index (χ1v) is 10.8. The fourth-order valence-corrected chi connectivity index (χ4v) is 3.52. The van der Waals surface area contributed by atoms with Gasteiger partial charge in [0.1, 0.15) is 23.9 Å². The van der Waals surface area contributed by atoms with E-state index in [1.54, 1.807) is 29.7 Å². The van der Waals surface area contributed by atoms with Crippen molar-refractivity contribution in [3.63, 3.8) is 0 Å². The molecule has 4 aromatic rings. The van der Waals surface area contributed by atoms with Gasteiger partial charge in [0.05, 0.1) is 11.3 Å². The third-order valence-electron chi connectivity index (χ3n) is 5.32. The number of fused-ring (bicyclic) bond motifs is 1. The van der Waals surface area contributed by atoms with Crippen molar-refractivity contribution in [2.24, 2.45) is 0 Å². The Hall–Kier alpha value is -4.36. The molecule has 35 heavy (non-hydrogen) atoms. The normalized spacial score (nSPS) is 10.3. The van der Waals surface area contributed by atoms with Crippen LogP contribution in [0, 0.1) is 18.6 Å². The van der Waals surface area contributed by atoms with Gasteiger partial charge in [-0.2, -0.15) is 9.59 Å². The molecule has 0 unspecified atom stereocenters. The molecular weight excluding hydrogens is 456 g/mol. The summed E-state index contributed by atoms with van der Waals surface area (Å²) < 4.78 is 35.1. The van der Waals surface area contributed by atoms with E-state index in [1.807, 2.05) is 24.3 Å². The highest BCUT2D eigenvalue weighted by Crippen LogP contribution is 2.24. The van der Waals surface area contributed by atoms with E-state index in [0.717, 1.165) is 12.0 Å². The summed E-state index contributed by atoms with van der Waals surface area (Å²) in [7, 11) is 0. The molecule has 0 bridgehead atoms. The van der Waals surface area contributed by atoms with Crippen LogP contribution in [-0.2, 0) is 29.2 Å². The molecule has 7 nitrogen and oxygen atoms in total. The van der Waals surface area contributed by atoms with Gasteiger partial charge in [-0.1, -0.05) is 37.3 Å². The van der Waals surface area contributed by atoms with Crippen LogP contribution >= 0.6 is 0 Å². The lowest BCUT2D eigenvalue weighted by Crippen LogP contribution is -2.25. The predicted octanol–water partition coefficient (Wildman–Crippen LogP) is 4.41. The Labute approximate surface area is 200 Å². The van der Waals surface area contributed by atoms with Crippen LogP contribution in [0.3, 0.4) is 0 Å². The zero-order valence-electron chi connectivity index (χ0n) is 19.2. The van der Waals surface area contributed by atoms with Gasteiger partial charge in [0.15, 0.2) is 11.4 Å². The van der Waals surface area contributed by atoms with Crippen LogP contribution in [0.25, 0.3) is 5.65 Å². The number of pyridine rings is 1. The van der Waals surface area contributed by atoms with Gasteiger partial charge in [-0.15, -0.1) is 0 Å². The van der Waals surface area contributed by atoms with E-state index < -0.39 is 11.6 Å². The molecule has 180 valence electrons. The number of hydrogen-bond acceptors (Lipinski definition) is 5. The minimum Gasteiger partial charge on any atom is -0.485 e. The summed E-state index contributed by atoms with van der Waals surface area (Å²) in [5, 5.41) is 2.92. The highest BCUT2D eigenvalue weighted by molar-refractivity contribution is 5.94. The summed E-state index contributed by atoms with van der Waals surface area (Å²) in [6.45, 7) is 3.92. The molecule has 0 spiro atoms. The van der Waals surface area contributed by atoms with Crippen LogP contribution in [0.2, 0.25) is 0 Å². The standard InChI is InChI=1S/C25H23F2N3O2.CO2/c1-3-17-9-11-18(12-10-17)14-28-25(31)23-16(2)29-24-22(8-5-13-30(23)24)32-15-19-20(26)6-4-7-21(19)27;2-1-3/h4-13H,3,14-15H2,1-2H3,(H,28,31);. The average molecular weight is 479 g/mol. The van der Waals surface area contributed by atoms with Crippen molar-refractivity contribution in [2.45, 2.75) is 33.4 Å². The molecule has 0 atom stereocenters. The fraction of sp³-hybridized carbons (Fsp3) is 0.192. The van der Waals surface area contributed by atoms with E-state index in [4.69, 9.17) is 14.3 Å². The number of nitrogens with zero attached hydrogens (tertiary/aromatic N) is 2. The SMILES string of the molecule is CCc1ccc(CNC(=O)c2c(C)nc3c(OCc4c(F)cccc4F)cccn23)cc1.O=C=O. The fourth-order valence-electron chi connectivity index (χ4n) is 3.52. The molecule has 2 heterocycles. The zero-order chi connectivity index (χ0) is 25.4. The topological polar surface area (TPSA) is 89.8 Å². The summed E-state index contributed by atoms with van der Waals surface area (Å²) in [5.74, 6) is -1.30. The molecule has 0 radical (unpaired) electrons.